The van der Waals surface area contributed by atoms with Crippen molar-refractivity contribution in [2.75, 3.05) is 11.9 Å². The molecule has 0 amide bonds. The maximum Gasteiger partial charge on any atom is 0.135 e. The summed E-state index contributed by atoms with van der Waals surface area (Å²) in [5.41, 5.74) is 0.641. The van der Waals surface area contributed by atoms with Gasteiger partial charge >= 0.3 is 0 Å². The van der Waals surface area contributed by atoms with Gasteiger partial charge in [-0.2, -0.15) is 0 Å². The summed E-state index contributed by atoms with van der Waals surface area (Å²) in [4.78, 5) is 10.8. The van der Waals surface area contributed by atoms with Crippen LogP contribution in [0.25, 0.3) is 0 Å². The van der Waals surface area contributed by atoms with Crippen LogP contribution in [0.2, 0.25) is 5.15 Å². The predicted molar refractivity (Wildman–Crippen MR) is 82.2 cm³/mol. The highest BCUT2D eigenvalue weighted by atomic mass is 35.5. The van der Waals surface area contributed by atoms with E-state index in [1.165, 1.54) is 6.07 Å². The molecule has 21 heavy (non-hydrogen) atoms. The average Bonchev–Trinajstić information content (AvgIpc) is 3.30. The van der Waals surface area contributed by atoms with E-state index in [-0.39, 0.29) is 11.9 Å². The molecule has 0 bridgehead atoms. The third-order valence-electron chi connectivity index (χ3n) is 3.94. The van der Waals surface area contributed by atoms with E-state index in [1.54, 1.807) is 18.2 Å². The molecular formula is C16H17ClFN3. The summed E-state index contributed by atoms with van der Waals surface area (Å²) in [6, 6.07) is 8.39. The lowest BCUT2D eigenvalue weighted by Gasteiger charge is -2.27. The van der Waals surface area contributed by atoms with Crippen molar-refractivity contribution in [2.24, 2.45) is 0 Å². The first-order valence-electron chi connectivity index (χ1n) is 7.08. The molecule has 1 aromatic carbocycles. The molecule has 1 heterocycles. The number of hydrogen-bond acceptors (Lipinski definition) is 3. The molecule has 0 aliphatic heterocycles. The van der Waals surface area contributed by atoms with Crippen molar-refractivity contribution in [2.45, 2.75) is 31.7 Å². The summed E-state index contributed by atoms with van der Waals surface area (Å²) in [5, 5.41) is 0.439. The van der Waals surface area contributed by atoms with Crippen LogP contribution < -0.4 is 4.90 Å². The molecule has 2 aromatic rings. The molecule has 0 N–H and O–H groups in total. The van der Waals surface area contributed by atoms with Crippen molar-refractivity contribution in [3.63, 3.8) is 0 Å². The molecule has 0 saturated heterocycles. The number of anilines is 1. The van der Waals surface area contributed by atoms with Gasteiger partial charge in [-0.25, -0.2) is 14.4 Å². The van der Waals surface area contributed by atoms with Gasteiger partial charge in [-0.3, -0.25) is 0 Å². The molecule has 1 unspecified atom stereocenters. The van der Waals surface area contributed by atoms with Crippen LogP contribution in [0.15, 0.2) is 30.3 Å². The molecule has 1 aliphatic rings. The lowest BCUT2D eigenvalue weighted by molar-refractivity contribution is 0.583. The number of hydrogen-bond donors (Lipinski definition) is 0. The Kier molecular flexibility index (Phi) is 3.81. The zero-order chi connectivity index (χ0) is 15.0. The minimum atomic E-state index is -0.209. The first-order chi connectivity index (χ1) is 10.1. The van der Waals surface area contributed by atoms with Gasteiger partial charge in [0, 0.05) is 24.6 Å². The fourth-order valence-electron chi connectivity index (χ4n) is 2.35. The Morgan fingerprint density at radius 2 is 2.00 bits per heavy atom. The molecule has 1 fully saturated rings. The molecule has 0 spiro atoms. The summed E-state index contributed by atoms with van der Waals surface area (Å²) in [5.74, 6) is 1.75. The number of rotatable bonds is 4. The Labute approximate surface area is 128 Å². The third kappa shape index (κ3) is 3.00. The summed E-state index contributed by atoms with van der Waals surface area (Å²) in [7, 11) is 1.90. The first kappa shape index (κ1) is 14.3. The number of nitrogens with zero attached hydrogens (tertiary/aromatic N) is 3. The van der Waals surface area contributed by atoms with Gasteiger partial charge in [-0.1, -0.05) is 29.8 Å². The molecule has 1 atom stereocenters. The van der Waals surface area contributed by atoms with Gasteiger partial charge in [0.25, 0.3) is 0 Å². The topological polar surface area (TPSA) is 29.0 Å². The quantitative estimate of drug-likeness (QED) is 0.787. The molecule has 1 aromatic heterocycles. The van der Waals surface area contributed by atoms with Crippen molar-refractivity contribution < 1.29 is 4.39 Å². The summed E-state index contributed by atoms with van der Waals surface area (Å²) in [6.45, 7) is 1.95. The monoisotopic (exact) mass is 305 g/mol. The van der Waals surface area contributed by atoms with Gasteiger partial charge < -0.3 is 4.90 Å². The van der Waals surface area contributed by atoms with E-state index < -0.39 is 0 Å². The standard InChI is InChI=1S/C16H17ClFN3/c1-10(12-5-3-4-6-13(12)18)21(2)15-9-14(17)19-16(20-15)11-7-8-11/h3-6,9-11H,7-8H2,1-2H3. The van der Waals surface area contributed by atoms with Crippen LogP contribution in [0.1, 0.15) is 43.1 Å². The average molecular weight is 306 g/mol. The van der Waals surface area contributed by atoms with E-state index in [9.17, 15) is 4.39 Å². The number of benzene rings is 1. The van der Waals surface area contributed by atoms with Crippen LogP contribution in [0.4, 0.5) is 10.2 Å². The summed E-state index contributed by atoms with van der Waals surface area (Å²) < 4.78 is 13.9. The fraction of sp³-hybridized carbons (Fsp3) is 0.375. The Bertz CT molecular complexity index is 658. The summed E-state index contributed by atoms with van der Waals surface area (Å²) in [6.07, 6.45) is 2.23. The van der Waals surface area contributed by atoms with Crippen molar-refractivity contribution in [1.82, 2.24) is 9.97 Å². The third-order valence-corrected chi connectivity index (χ3v) is 4.13. The van der Waals surface area contributed by atoms with Crippen LogP contribution in [0, 0.1) is 5.82 Å². The van der Waals surface area contributed by atoms with Crippen molar-refractivity contribution in [3.8, 4) is 0 Å². The second-order valence-corrected chi connectivity index (χ2v) is 5.88. The summed E-state index contributed by atoms with van der Waals surface area (Å²) >= 11 is 6.10. The van der Waals surface area contributed by atoms with Crippen LogP contribution in [-0.4, -0.2) is 17.0 Å². The number of aromatic nitrogens is 2. The maximum atomic E-state index is 13.9. The SMILES string of the molecule is CC(c1ccccc1F)N(C)c1cc(Cl)nc(C2CC2)n1. The highest BCUT2D eigenvalue weighted by molar-refractivity contribution is 6.29. The Hall–Kier alpha value is -1.68. The maximum absolute atomic E-state index is 13.9. The predicted octanol–water partition coefficient (Wildman–Crippen LogP) is 4.34. The van der Waals surface area contributed by atoms with E-state index in [2.05, 4.69) is 9.97 Å². The highest BCUT2D eigenvalue weighted by Crippen LogP contribution is 2.39. The van der Waals surface area contributed by atoms with Crippen molar-refractivity contribution in [1.29, 1.82) is 0 Å². The Morgan fingerprint density at radius 1 is 1.29 bits per heavy atom. The van der Waals surface area contributed by atoms with E-state index >= 15 is 0 Å². The van der Waals surface area contributed by atoms with Gasteiger partial charge in [0.15, 0.2) is 0 Å². The van der Waals surface area contributed by atoms with E-state index in [0.717, 1.165) is 24.5 Å². The van der Waals surface area contributed by atoms with E-state index in [4.69, 9.17) is 11.6 Å². The van der Waals surface area contributed by atoms with Gasteiger partial charge in [0.1, 0.15) is 22.6 Å². The zero-order valence-corrected chi connectivity index (χ0v) is 12.8. The van der Waals surface area contributed by atoms with Crippen LogP contribution >= 0.6 is 11.6 Å². The van der Waals surface area contributed by atoms with Gasteiger partial charge in [0.2, 0.25) is 0 Å². The Balaban J connectivity index is 1.91. The van der Waals surface area contributed by atoms with Gasteiger partial charge in [-0.15, -0.1) is 0 Å². The number of halogens is 2. The molecule has 1 aliphatic carbocycles. The lowest BCUT2D eigenvalue weighted by atomic mass is 10.1. The molecule has 5 heteroatoms. The molecule has 3 nitrogen and oxygen atoms in total. The van der Waals surface area contributed by atoms with Crippen molar-refractivity contribution >= 4 is 17.4 Å². The lowest BCUT2D eigenvalue weighted by Crippen LogP contribution is -2.24. The molecule has 3 rings (SSSR count). The van der Waals surface area contributed by atoms with Crippen LogP contribution in [0.3, 0.4) is 0 Å². The largest absolute Gasteiger partial charge is 0.353 e. The molecule has 1 saturated carbocycles. The fourth-order valence-corrected chi connectivity index (χ4v) is 2.53. The molecule has 110 valence electrons. The smallest absolute Gasteiger partial charge is 0.135 e. The molecule has 0 radical (unpaired) electrons. The Morgan fingerprint density at radius 3 is 2.67 bits per heavy atom. The minimum Gasteiger partial charge on any atom is -0.353 e. The van der Waals surface area contributed by atoms with Crippen LogP contribution in [0.5, 0.6) is 0 Å². The normalized spacial score (nSPS) is 15.8. The van der Waals surface area contributed by atoms with E-state index in [1.807, 2.05) is 24.9 Å². The second kappa shape index (κ2) is 5.60. The zero-order valence-electron chi connectivity index (χ0n) is 12.1. The second-order valence-electron chi connectivity index (χ2n) is 5.49. The highest BCUT2D eigenvalue weighted by Gasteiger charge is 2.28. The minimum absolute atomic E-state index is 0.135. The van der Waals surface area contributed by atoms with E-state index in [0.29, 0.717) is 16.6 Å². The van der Waals surface area contributed by atoms with Crippen molar-refractivity contribution in [3.05, 3.63) is 52.7 Å². The van der Waals surface area contributed by atoms with Gasteiger partial charge in [0.05, 0.1) is 6.04 Å². The first-order valence-corrected chi connectivity index (χ1v) is 7.46. The molecular weight excluding hydrogens is 289 g/mol. The van der Waals surface area contributed by atoms with Crippen LogP contribution in [-0.2, 0) is 0 Å². The van der Waals surface area contributed by atoms with Gasteiger partial charge in [-0.05, 0) is 25.8 Å².